The van der Waals surface area contributed by atoms with Crippen LogP contribution >= 0.6 is 0 Å². The number of aliphatic hydroxyl groups is 1. The first-order valence-electron chi connectivity index (χ1n) is 11.9. The van der Waals surface area contributed by atoms with Gasteiger partial charge in [-0.15, -0.1) is 0 Å². The van der Waals surface area contributed by atoms with E-state index in [0.29, 0.717) is 17.5 Å². The highest BCUT2D eigenvalue weighted by molar-refractivity contribution is 5.94. The molecule has 1 fully saturated rings. The van der Waals surface area contributed by atoms with E-state index in [1.807, 2.05) is 36.4 Å². The number of carbonyl (C=O) groups is 2. The zero-order valence-electron chi connectivity index (χ0n) is 19.1. The second-order valence-electron chi connectivity index (χ2n) is 9.06. The zero-order valence-corrected chi connectivity index (χ0v) is 19.1. The van der Waals surface area contributed by atoms with Crippen molar-refractivity contribution in [3.8, 4) is 0 Å². The second kappa shape index (κ2) is 11.2. The Kier molecular flexibility index (Phi) is 7.80. The molecule has 2 heterocycles. The summed E-state index contributed by atoms with van der Waals surface area (Å²) in [5.74, 6) is -1.10. The highest BCUT2D eigenvalue weighted by Crippen LogP contribution is 2.33. The highest BCUT2D eigenvalue weighted by atomic mass is 16.3. The van der Waals surface area contributed by atoms with E-state index in [1.54, 1.807) is 12.3 Å². The molecular weight excluding hydrogens is 430 g/mol. The number of rotatable bonds is 9. The zero-order chi connectivity index (χ0) is 23.9. The van der Waals surface area contributed by atoms with Gasteiger partial charge in [-0.25, -0.2) is 4.98 Å². The lowest BCUT2D eigenvalue weighted by molar-refractivity contribution is -0.125. The van der Waals surface area contributed by atoms with E-state index in [4.69, 9.17) is 5.73 Å². The number of nitrogens with one attached hydrogen (secondary N) is 1. The molecule has 1 aromatic carbocycles. The summed E-state index contributed by atoms with van der Waals surface area (Å²) >= 11 is 0. The molecule has 8 nitrogen and oxygen atoms in total. The quantitative estimate of drug-likeness (QED) is 0.449. The molecule has 1 saturated carbocycles. The van der Waals surface area contributed by atoms with Crippen molar-refractivity contribution in [1.29, 1.82) is 0 Å². The van der Waals surface area contributed by atoms with Crippen LogP contribution in [0.25, 0.3) is 11.0 Å². The summed E-state index contributed by atoms with van der Waals surface area (Å²) < 4.78 is 0. The number of hydrogen-bond acceptors (Lipinski definition) is 6. The summed E-state index contributed by atoms with van der Waals surface area (Å²) in [4.78, 5) is 38.4. The Morgan fingerprint density at radius 3 is 2.47 bits per heavy atom. The van der Waals surface area contributed by atoms with Crippen LogP contribution in [0.4, 0.5) is 0 Å². The molecule has 8 heteroatoms. The first kappa shape index (κ1) is 23.8. The van der Waals surface area contributed by atoms with Crippen molar-refractivity contribution in [3.05, 3.63) is 66.2 Å². The van der Waals surface area contributed by atoms with Gasteiger partial charge in [0.2, 0.25) is 5.91 Å². The number of fused-ring (bicyclic) bond motifs is 1. The summed E-state index contributed by atoms with van der Waals surface area (Å²) in [6.07, 6.45) is 7.80. The Morgan fingerprint density at radius 1 is 1.03 bits per heavy atom. The largest absolute Gasteiger partial charge is 0.391 e. The fraction of sp³-hybridized carbons (Fsp3) is 0.423. The maximum atomic E-state index is 13.1. The topological polar surface area (TPSA) is 131 Å². The lowest BCUT2D eigenvalue weighted by Crippen LogP contribution is -2.47. The van der Waals surface area contributed by atoms with E-state index in [0.717, 1.165) is 37.8 Å². The molecule has 3 aromatic rings. The third-order valence-electron chi connectivity index (χ3n) is 6.70. The summed E-state index contributed by atoms with van der Waals surface area (Å²) in [6.45, 7) is 0. The third kappa shape index (κ3) is 5.94. The molecule has 0 spiro atoms. The molecule has 34 heavy (non-hydrogen) atoms. The predicted molar refractivity (Wildman–Crippen MR) is 129 cm³/mol. The average molecular weight is 462 g/mol. The van der Waals surface area contributed by atoms with E-state index in [2.05, 4.69) is 20.3 Å². The van der Waals surface area contributed by atoms with Gasteiger partial charge in [0, 0.05) is 24.2 Å². The number of para-hydroxylation sites is 2. The molecule has 4 N–H and O–H groups in total. The molecule has 0 saturated heterocycles. The molecule has 3 unspecified atom stereocenters. The first-order valence-corrected chi connectivity index (χ1v) is 11.9. The molecule has 0 radical (unpaired) electrons. The number of nitrogens with zero attached hydrogens (tertiary/aromatic N) is 3. The summed E-state index contributed by atoms with van der Waals surface area (Å²) in [5, 5.41) is 14.1. The fourth-order valence-electron chi connectivity index (χ4n) is 4.84. The van der Waals surface area contributed by atoms with Crippen molar-refractivity contribution in [2.75, 3.05) is 0 Å². The standard InChI is InChI=1S/C26H31N5O3/c27-25(33)19(17-8-2-1-3-9-17)15-24(32)22(14-18-10-6-7-13-28-18)31-26(34)23-16-29-20-11-4-5-12-21(20)30-23/h4-7,10-13,16-17,19,22,24,32H,1-3,8-9,14-15H2,(H2,27,33)(H,31,34). The van der Waals surface area contributed by atoms with Crippen LogP contribution in [0.1, 0.15) is 54.7 Å². The van der Waals surface area contributed by atoms with Crippen LogP contribution < -0.4 is 11.1 Å². The number of primary amides is 1. The van der Waals surface area contributed by atoms with Crippen molar-refractivity contribution in [2.45, 2.75) is 57.1 Å². The number of carbonyl (C=O) groups excluding carboxylic acids is 2. The predicted octanol–water partition coefficient (Wildman–Crippen LogP) is 2.80. The van der Waals surface area contributed by atoms with Crippen LogP contribution in [0.5, 0.6) is 0 Å². The van der Waals surface area contributed by atoms with Gasteiger partial charge in [0.1, 0.15) is 5.69 Å². The maximum absolute atomic E-state index is 13.1. The Labute approximate surface area is 199 Å². The van der Waals surface area contributed by atoms with Gasteiger partial charge < -0.3 is 16.2 Å². The molecule has 2 aromatic heterocycles. The number of pyridine rings is 1. The van der Waals surface area contributed by atoms with E-state index < -0.39 is 29.9 Å². The van der Waals surface area contributed by atoms with Gasteiger partial charge in [-0.1, -0.05) is 37.5 Å². The summed E-state index contributed by atoms with van der Waals surface area (Å²) in [6, 6.07) is 12.2. The highest BCUT2D eigenvalue weighted by Gasteiger charge is 2.33. The van der Waals surface area contributed by atoms with E-state index in [1.165, 1.54) is 6.20 Å². The minimum atomic E-state index is -0.973. The molecule has 0 bridgehead atoms. The van der Waals surface area contributed by atoms with E-state index in [-0.39, 0.29) is 18.0 Å². The van der Waals surface area contributed by atoms with E-state index in [9.17, 15) is 14.7 Å². The summed E-state index contributed by atoms with van der Waals surface area (Å²) in [7, 11) is 0. The lowest BCUT2D eigenvalue weighted by atomic mass is 9.76. The van der Waals surface area contributed by atoms with Crippen LogP contribution in [-0.2, 0) is 11.2 Å². The van der Waals surface area contributed by atoms with Gasteiger partial charge in [-0.2, -0.15) is 0 Å². The smallest absolute Gasteiger partial charge is 0.271 e. The van der Waals surface area contributed by atoms with E-state index >= 15 is 0 Å². The fourth-order valence-corrected chi connectivity index (χ4v) is 4.84. The SMILES string of the molecule is NC(=O)C(CC(O)C(Cc1ccccn1)NC(=O)c1cnc2ccccc2n1)C1CCCCC1. The van der Waals surface area contributed by atoms with Crippen LogP contribution in [0.2, 0.25) is 0 Å². The minimum Gasteiger partial charge on any atom is -0.391 e. The van der Waals surface area contributed by atoms with Gasteiger partial charge in [0.15, 0.2) is 0 Å². The number of aliphatic hydroxyl groups excluding tert-OH is 1. The number of nitrogens with two attached hydrogens (primary N) is 1. The molecular formula is C26H31N5O3. The van der Waals surface area contributed by atoms with Crippen molar-refractivity contribution in [1.82, 2.24) is 20.3 Å². The molecule has 1 aliphatic carbocycles. The van der Waals surface area contributed by atoms with Crippen LogP contribution in [0.15, 0.2) is 54.9 Å². The third-order valence-corrected chi connectivity index (χ3v) is 6.70. The van der Waals surface area contributed by atoms with Crippen molar-refractivity contribution < 1.29 is 14.7 Å². The first-order chi connectivity index (χ1) is 16.5. The Balaban J connectivity index is 1.53. The van der Waals surface area contributed by atoms with Crippen LogP contribution in [-0.4, -0.2) is 44.0 Å². The monoisotopic (exact) mass is 461 g/mol. The molecule has 178 valence electrons. The number of hydrogen-bond donors (Lipinski definition) is 3. The van der Waals surface area contributed by atoms with Gasteiger partial charge in [-0.3, -0.25) is 19.6 Å². The normalized spacial score (nSPS) is 17.1. The van der Waals surface area contributed by atoms with Gasteiger partial charge in [-0.05, 0) is 49.4 Å². The van der Waals surface area contributed by atoms with Crippen molar-refractivity contribution >= 4 is 22.8 Å². The average Bonchev–Trinajstić information content (AvgIpc) is 2.87. The number of benzene rings is 1. The Bertz CT molecular complexity index is 1120. The lowest BCUT2D eigenvalue weighted by Gasteiger charge is -2.32. The molecule has 0 aliphatic heterocycles. The maximum Gasteiger partial charge on any atom is 0.271 e. The van der Waals surface area contributed by atoms with Gasteiger partial charge >= 0.3 is 0 Å². The van der Waals surface area contributed by atoms with Crippen LogP contribution in [0, 0.1) is 11.8 Å². The molecule has 3 atom stereocenters. The van der Waals surface area contributed by atoms with Crippen molar-refractivity contribution in [3.63, 3.8) is 0 Å². The molecule has 1 aliphatic rings. The minimum absolute atomic E-state index is 0.163. The Hall–Kier alpha value is -3.39. The second-order valence-corrected chi connectivity index (χ2v) is 9.06. The van der Waals surface area contributed by atoms with Gasteiger partial charge in [0.25, 0.3) is 5.91 Å². The van der Waals surface area contributed by atoms with Crippen LogP contribution in [0.3, 0.4) is 0 Å². The van der Waals surface area contributed by atoms with Crippen molar-refractivity contribution in [2.24, 2.45) is 17.6 Å². The number of amides is 2. The Morgan fingerprint density at radius 2 is 1.76 bits per heavy atom. The summed E-state index contributed by atoms with van der Waals surface area (Å²) in [5.41, 5.74) is 7.94. The van der Waals surface area contributed by atoms with Gasteiger partial charge in [0.05, 0.1) is 29.4 Å². The molecule has 2 amide bonds. The number of aromatic nitrogens is 3. The molecule has 4 rings (SSSR count).